The predicted molar refractivity (Wildman–Crippen MR) is 133 cm³/mol. The Morgan fingerprint density at radius 1 is 1.19 bits per heavy atom. The van der Waals surface area contributed by atoms with Crippen LogP contribution in [0.1, 0.15) is 40.1 Å². The molecule has 3 heterocycles. The van der Waals surface area contributed by atoms with Crippen molar-refractivity contribution in [1.82, 2.24) is 14.4 Å². The topological polar surface area (TPSA) is 92.0 Å². The van der Waals surface area contributed by atoms with Crippen molar-refractivity contribution in [1.29, 1.82) is 0 Å². The van der Waals surface area contributed by atoms with Crippen LogP contribution in [0.4, 0.5) is 24.8 Å². The molecule has 0 spiro atoms. The zero-order valence-corrected chi connectivity index (χ0v) is 20.3. The van der Waals surface area contributed by atoms with E-state index in [1.54, 1.807) is 22.6 Å². The van der Waals surface area contributed by atoms with Gasteiger partial charge in [-0.25, -0.2) is 14.8 Å². The maximum Gasteiger partial charge on any atom is 0.394 e. The van der Waals surface area contributed by atoms with E-state index in [0.717, 1.165) is 11.1 Å². The molecule has 1 aliphatic rings. The molecular formula is C26H26F3N5O3. The molecule has 194 valence electrons. The van der Waals surface area contributed by atoms with Gasteiger partial charge in [-0.05, 0) is 37.6 Å². The Morgan fingerprint density at radius 3 is 2.62 bits per heavy atom. The van der Waals surface area contributed by atoms with Gasteiger partial charge < -0.3 is 20.1 Å². The summed E-state index contributed by atoms with van der Waals surface area (Å²) in [7, 11) is 0. The van der Waals surface area contributed by atoms with Gasteiger partial charge in [0.15, 0.2) is 0 Å². The third-order valence-corrected chi connectivity index (χ3v) is 6.38. The monoisotopic (exact) mass is 513 g/mol. The number of alkyl halides is 3. The van der Waals surface area contributed by atoms with Crippen LogP contribution in [0, 0.1) is 6.92 Å². The number of aromatic carboxylic acids is 1. The Labute approximate surface area is 210 Å². The van der Waals surface area contributed by atoms with Crippen LogP contribution >= 0.6 is 0 Å². The SMILES string of the molecule is Cc1cc([C@@H](C)Nc2ccccc2C(=O)O)c2nc(N3CCOCC3)n3cc(CC(F)(F)F)nc3c2c1. The maximum absolute atomic E-state index is 13.2. The van der Waals surface area contributed by atoms with Gasteiger partial charge in [0.25, 0.3) is 0 Å². The number of carbonyl (C=O) groups is 1. The van der Waals surface area contributed by atoms with Crippen molar-refractivity contribution in [3.05, 3.63) is 65.0 Å². The Bertz CT molecular complexity index is 1480. The van der Waals surface area contributed by atoms with Crippen molar-refractivity contribution in [2.24, 2.45) is 0 Å². The molecule has 4 aromatic rings. The molecule has 2 N–H and O–H groups in total. The Hall–Kier alpha value is -3.86. The second-order valence-corrected chi connectivity index (χ2v) is 9.20. The molecule has 1 fully saturated rings. The minimum atomic E-state index is -4.39. The van der Waals surface area contributed by atoms with Crippen molar-refractivity contribution in [3.8, 4) is 0 Å². The van der Waals surface area contributed by atoms with Crippen LogP contribution in [0.2, 0.25) is 0 Å². The fourth-order valence-corrected chi connectivity index (χ4v) is 4.74. The van der Waals surface area contributed by atoms with E-state index in [2.05, 4.69) is 10.3 Å². The van der Waals surface area contributed by atoms with E-state index in [9.17, 15) is 23.1 Å². The molecule has 0 aliphatic carbocycles. The highest BCUT2D eigenvalue weighted by molar-refractivity contribution is 5.96. The Morgan fingerprint density at radius 2 is 1.92 bits per heavy atom. The number of anilines is 2. The van der Waals surface area contributed by atoms with Crippen molar-refractivity contribution in [2.75, 3.05) is 36.5 Å². The van der Waals surface area contributed by atoms with Crippen LogP contribution in [0.5, 0.6) is 0 Å². The average molecular weight is 514 g/mol. The molecule has 1 atom stereocenters. The Balaban J connectivity index is 1.69. The number of hydrogen-bond donors (Lipinski definition) is 2. The number of nitrogens with zero attached hydrogens (tertiary/aromatic N) is 4. The van der Waals surface area contributed by atoms with E-state index in [4.69, 9.17) is 9.72 Å². The maximum atomic E-state index is 13.2. The number of carboxylic acids is 1. The van der Waals surface area contributed by atoms with E-state index in [-0.39, 0.29) is 17.3 Å². The summed E-state index contributed by atoms with van der Waals surface area (Å²) in [6.45, 7) is 5.84. The fraction of sp³-hybridized carbons (Fsp3) is 0.346. The number of hydrogen-bond acceptors (Lipinski definition) is 6. The normalized spacial score (nSPS) is 15.3. The second-order valence-electron chi connectivity index (χ2n) is 9.20. The molecule has 5 rings (SSSR count). The van der Waals surface area contributed by atoms with Gasteiger partial charge in [-0.3, -0.25) is 4.40 Å². The van der Waals surface area contributed by atoms with Crippen LogP contribution in [0.15, 0.2) is 42.6 Å². The van der Waals surface area contributed by atoms with Gasteiger partial charge in [0.1, 0.15) is 5.65 Å². The number of imidazole rings is 1. The summed E-state index contributed by atoms with van der Waals surface area (Å²) in [5.41, 5.74) is 3.17. The van der Waals surface area contributed by atoms with Crippen molar-refractivity contribution < 1.29 is 27.8 Å². The first-order valence-corrected chi connectivity index (χ1v) is 11.9. The molecule has 37 heavy (non-hydrogen) atoms. The van der Waals surface area contributed by atoms with Gasteiger partial charge in [-0.2, -0.15) is 13.2 Å². The van der Waals surface area contributed by atoms with Gasteiger partial charge in [0.2, 0.25) is 5.95 Å². The third kappa shape index (κ3) is 5.04. The number of ether oxygens (including phenoxy) is 1. The lowest BCUT2D eigenvalue weighted by atomic mass is 10.0. The van der Waals surface area contributed by atoms with E-state index in [1.807, 2.05) is 30.9 Å². The minimum Gasteiger partial charge on any atom is -0.478 e. The second kappa shape index (κ2) is 9.55. The Kier molecular flexibility index (Phi) is 6.40. The number of nitrogens with one attached hydrogen (secondary N) is 1. The molecular weight excluding hydrogens is 487 g/mol. The third-order valence-electron chi connectivity index (χ3n) is 6.38. The summed E-state index contributed by atoms with van der Waals surface area (Å²) in [5.74, 6) is -0.552. The van der Waals surface area contributed by atoms with Gasteiger partial charge in [-0.1, -0.05) is 18.2 Å². The number of morpholine rings is 1. The molecule has 0 amide bonds. The molecule has 8 nitrogen and oxygen atoms in total. The number of fused-ring (bicyclic) bond motifs is 3. The highest BCUT2D eigenvalue weighted by atomic mass is 19.4. The van der Waals surface area contributed by atoms with Crippen LogP contribution in [-0.4, -0.2) is 57.9 Å². The van der Waals surface area contributed by atoms with Gasteiger partial charge in [0.05, 0.1) is 42.5 Å². The van der Waals surface area contributed by atoms with Crippen molar-refractivity contribution in [3.63, 3.8) is 0 Å². The first kappa shape index (κ1) is 24.8. The number of rotatable bonds is 6. The van der Waals surface area contributed by atoms with E-state index < -0.39 is 18.6 Å². The predicted octanol–water partition coefficient (Wildman–Crippen LogP) is 5.00. The first-order chi connectivity index (χ1) is 17.6. The highest BCUT2D eigenvalue weighted by Gasteiger charge is 2.30. The molecule has 0 radical (unpaired) electrons. The minimum absolute atomic E-state index is 0.0825. The summed E-state index contributed by atoms with van der Waals surface area (Å²) in [5, 5.41) is 13.5. The van der Waals surface area contributed by atoms with Crippen LogP contribution in [0.3, 0.4) is 0 Å². The van der Waals surface area contributed by atoms with E-state index >= 15 is 0 Å². The smallest absolute Gasteiger partial charge is 0.394 e. The standard InChI is InChI=1S/C26H26F3N5O3/c1-15-11-19(16(2)30-21-6-4-3-5-18(21)24(35)36)22-20(12-15)23-31-17(13-26(27,28)29)14-34(23)25(32-22)33-7-9-37-10-8-33/h3-6,11-12,14,16,30H,7-10,13H2,1-2H3,(H,35,36)/t16-/m1/s1. The first-order valence-electron chi connectivity index (χ1n) is 11.9. The number of aryl methyl sites for hydroxylation is 1. The van der Waals surface area contributed by atoms with Crippen molar-refractivity contribution >= 4 is 34.2 Å². The van der Waals surface area contributed by atoms with E-state index in [0.29, 0.717) is 54.5 Å². The molecule has 0 unspecified atom stereocenters. The summed E-state index contributed by atoms with van der Waals surface area (Å²) < 4.78 is 46.8. The molecule has 1 saturated heterocycles. The summed E-state index contributed by atoms with van der Waals surface area (Å²) in [4.78, 5) is 23.0. The molecule has 1 aliphatic heterocycles. The van der Waals surface area contributed by atoms with Crippen LogP contribution in [0.25, 0.3) is 16.6 Å². The molecule has 2 aromatic heterocycles. The zero-order chi connectivity index (χ0) is 26.3. The average Bonchev–Trinajstić information content (AvgIpc) is 3.26. The lowest BCUT2D eigenvalue weighted by molar-refractivity contribution is -0.127. The van der Waals surface area contributed by atoms with Crippen LogP contribution in [-0.2, 0) is 11.2 Å². The quantitative estimate of drug-likeness (QED) is 0.375. The zero-order valence-electron chi connectivity index (χ0n) is 20.3. The number of aromatic nitrogens is 3. The lowest BCUT2D eigenvalue weighted by Gasteiger charge is -2.29. The summed E-state index contributed by atoms with van der Waals surface area (Å²) in [6.07, 6.45) is -4.12. The summed E-state index contributed by atoms with van der Waals surface area (Å²) in [6, 6.07) is 10.1. The fourth-order valence-electron chi connectivity index (χ4n) is 4.74. The van der Waals surface area contributed by atoms with Gasteiger partial charge in [-0.15, -0.1) is 0 Å². The van der Waals surface area contributed by atoms with Gasteiger partial charge in [0, 0.05) is 35.9 Å². The number of halogens is 3. The highest BCUT2D eigenvalue weighted by Crippen LogP contribution is 2.33. The lowest BCUT2D eigenvalue weighted by Crippen LogP contribution is -2.38. The van der Waals surface area contributed by atoms with Crippen molar-refractivity contribution in [2.45, 2.75) is 32.5 Å². The molecule has 11 heteroatoms. The molecule has 2 aromatic carbocycles. The van der Waals surface area contributed by atoms with E-state index in [1.165, 1.54) is 12.3 Å². The summed E-state index contributed by atoms with van der Waals surface area (Å²) >= 11 is 0. The van der Waals surface area contributed by atoms with Gasteiger partial charge >= 0.3 is 12.1 Å². The molecule has 0 bridgehead atoms. The largest absolute Gasteiger partial charge is 0.478 e. The number of benzene rings is 2. The van der Waals surface area contributed by atoms with Crippen LogP contribution < -0.4 is 10.2 Å². The molecule has 0 saturated carbocycles. The number of carboxylic acid groups (broad SMARTS) is 1. The number of para-hydroxylation sites is 1.